The number of hydrogen-bond donors (Lipinski definition) is 2. The maximum Gasteiger partial charge on any atom is 0.188 e. The van der Waals surface area contributed by atoms with Gasteiger partial charge in [-0.2, -0.15) is 4.39 Å². The summed E-state index contributed by atoms with van der Waals surface area (Å²) >= 11 is 0. The minimum atomic E-state index is -1.34. The van der Waals surface area contributed by atoms with Crippen LogP contribution in [0.3, 0.4) is 0 Å². The van der Waals surface area contributed by atoms with Gasteiger partial charge in [-0.15, -0.1) is 0 Å². The fourth-order valence-electron chi connectivity index (χ4n) is 0.479. The van der Waals surface area contributed by atoms with Gasteiger partial charge in [0.1, 0.15) is 0 Å². The van der Waals surface area contributed by atoms with Crippen LogP contribution in [0.25, 0.3) is 0 Å². The smallest absolute Gasteiger partial charge is 0.188 e. The summed E-state index contributed by atoms with van der Waals surface area (Å²) < 4.78 is 23.9. The lowest BCUT2D eigenvalue weighted by atomic mass is 10.5. The second-order valence-electron chi connectivity index (χ2n) is 1.47. The van der Waals surface area contributed by atoms with Gasteiger partial charge >= 0.3 is 0 Å². The van der Waals surface area contributed by atoms with E-state index in [0.29, 0.717) is 0 Å². The Labute approximate surface area is 45.6 Å². The highest BCUT2D eigenvalue weighted by molar-refractivity contribution is 4.96. The third-order valence-electron chi connectivity index (χ3n) is 0.847. The molecule has 2 nitrogen and oxygen atoms in total. The monoisotopic (exact) mass is 120 g/mol. The molecule has 0 saturated carbocycles. The Kier molecular flexibility index (Phi) is 1.43. The molecule has 1 heterocycles. The first-order chi connectivity index (χ1) is 3.79. The standard InChI is InChI=1S/C4H6F2N2/c5-3-1-4(6)8-2-7-3/h1,3,7-8H,2H2. The van der Waals surface area contributed by atoms with E-state index in [-0.39, 0.29) is 6.67 Å². The molecule has 2 N–H and O–H groups in total. The largest absolute Gasteiger partial charge is 0.349 e. The number of alkyl halides is 1. The van der Waals surface area contributed by atoms with Gasteiger partial charge in [0, 0.05) is 6.08 Å². The second-order valence-corrected chi connectivity index (χ2v) is 1.47. The zero-order valence-corrected chi connectivity index (χ0v) is 4.12. The molecule has 4 heteroatoms. The molecule has 1 rings (SSSR count). The van der Waals surface area contributed by atoms with Gasteiger partial charge in [0.05, 0.1) is 6.67 Å². The van der Waals surface area contributed by atoms with Crippen molar-refractivity contribution in [3.8, 4) is 0 Å². The summed E-state index contributed by atoms with van der Waals surface area (Å²) in [5, 5.41) is 4.57. The van der Waals surface area contributed by atoms with Gasteiger partial charge in [-0.05, 0) is 0 Å². The molecule has 0 amide bonds. The van der Waals surface area contributed by atoms with Crippen LogP contribution in [-0.4, -0.2) is 13.0 Å². The summed E-state index contributed by atoms with van der Waals surface area (Å²) in [5.74, 6) is -0.601. The number of rotatable bonds is 0. The number of nitrogens with one attached hydrogen (secondary N) is 2. The van der Waals surface area contributed by atoms with Crippen LogP contribution in [0, 0.1) is 0 Å². The van der Waals surface area contributed by atoms with Gasteiger partial charge in [-0.25, -0.2) is 4.39 Å². The first-order valence-electron chi connectivity index (χ1n) is 2.27. The molecule has 1 aliphatic rings. The summed E-state index contributed by atoms with van der Waals surface area (Å²) in [5.41, 5.74) is 0. The number of hydrogen-bond acceptors (Lipinski definition) is 2. The molecule has 8 heavy (non-hydrogen) atoms. The summed E-state index contributed by atoms with van der Waals surface area (Å²) in [6.45, 7) is 0.156. The molecule has 0 spiro atoms. The predicted octanol–water partition coefficient (Wildman–Crippen LogP) is 0.243. The van der Waals surface area contributed by atoms with Crippen molar-refractivity contribution in [3.05, 3.63) is 12.0 Å². The Hall–Kier alpha value is -0.640. The average molecular weight is 120 g/mol. The van der Waals surface area contributed by atoms with Gasteiger partial charge in [0.25, 0.3) is 0 Å². The van der Waals surface area contributed by atoms with Crippen molar-refractivity contribution in [1.82, 2.24) is 10.6 Å². The van der Waals surface area contributed by atoms with E-state index in [1.54, 1.807) is 0 Å². The third kappa shape index (κ3) is 1.16. The van der Waals surface area contributed by atoms with Crippen molar-refractivity contribution in [2.24, 2.45) is 0 Å². The van der Waals surface area contributed by atoms with Gasteiger partial charge in [-0.3, -0.25) is 5.32 Å². The Morgan fingerprint density at radius 2 is 2.50 bits per heavy atom. The molecule has 1 unspecified atom stereocenters. The summed E-state index contributed by atoms with van der Waals surface area (Å²) in [6, 6.07) is 0. The van der Waals surface area contributed by atoms with Crippen molar-refractivity contribution in [2.45, 2.75) is 6.30 Å². The van der Waals surface area contributed by atoms with Crippen LogP contribution in [0.2, 0.25) is 0 Å². The Balaban J connectivity index is 2.50. The molecule has 0 bridgehead atoms. The summed E-state index contributed by atoms with van der Waals surface area (Å²) in [7, 11) is 0. The minimum absolute atomic E-state index is 0.156. The van der Waals surface area contributed by atoms with E-state index in [0.717, 1.165) is 6.08 Å². The zero-order valence-electron chi connectivity index (χ0n) is 4.12. The lowest BCUT2D eigenvalue weighted by Gasteiger charge is -2.13. The van der Waals surface area contributed by atoms with Crippen LogP contribution >= 0.6 is 0 Å². The van der Waals surface area contributed by atoms with Gasteiger partial charge in [0.2, 0.25) is 0 Å². The molecule has 0 aromatic rings. The van der Waals surface area contributed by atoms with Crippen molar-refractivity contribution >= 4 is 0 Å². The molecule has 1 aliphatic heterocycles. The van der Waals surface area contributed by atoms with Crippen LogP contribution in [0.1, 0.15) is 0 Å². The highest BCUT2D eigenvalue weighted by Crippen LogP contribution is 1.98. The third-order valence-corrected chi connectivity index (χ3v) is 0.847. The van der Waals surface area contributed by atoms with Gasteiger partial charge < -0.3 is 5.32 Å². The quantitative estimate of drug-likeness (QED) is 0.447. The first kappa shape index (κ1) is 5.50. The van der Waals surface area contributed by atoms with Gasteiger partial charge in [-0.1, -0.05) is 0 Å². The average Bonchev–Trinajstić information content (AvgIpc) is 1.64. The van der Waals surface area contributed by atoms with E-state index in [2.05, 4.69) is 10.6 Å². The molecule has 0 aromatic heterocycles. The van der Waals surface area contributed by atoms with E-state index >= 15 is 0 Å². The van der Waals surface area contributed by atoms with E-state index in [1.807, 2.05) is 0 Å². The fraction of sp³-hybridized carbons (Fsp3) is 0.500. The zero-order chi connectivity index (χ0) is 5.98. The molecule has 0 aromatic carbocycles. The maximum absolute atomic E-state index is 12.0. The second kappa shape index (κ2) is 2.09. The van der Waals surface area contributed by atoms with Crippen LogP contribution in [-0.2, 0) is 0 Å². The topological polar surface area (TPSA) is 24.1 Å². The van der Waals surface area contributed by atoms with Gasteiger partial charge in [0.15, 0.2) is 12.2 Å². The van der Waals surface area contributed by atoms with E-state index in [1.165, 1.54) is 0 Å². The maximum atomic E-state index is 12.0. The molecule has 0 aliphatic carbocycles. The molecule has 0 radical (unpaired) electrons. The van der Waals surface area contributed by atoms with Crippen LogP contribution in [0.15, 0.2) is 12.0 Å². The van der Waals surface area contributed by atoms with Crippen molar-refractivity contribution in [3.63, 3.8) is 0 Å². The highest BCUT2D eigenvalue weighted by Gasteiger charge is 2.08. The van der Waals surface area contributed by atoms with Crippen LogP contribution in [0.5, 0.6) is 0 Å². The normalized spacial score (nSPS) is 28.8. The Morgan fingerprint density at radius 3 is 2.88 bits per heavy atom. The Bertz CT molecular complexity index is 113. The minimum Gasteiger partial charge on any atom is -0.349 e. The summed E-state index contributed by atoms with van der Waals surface area (Å²) in [6.07, 6.45) is -0.500. The van der Waals surface area contributed by atoms with Crippen molar-refractivity contribution in [1.29, 1.82) is 0 Å². The molecule has 46 valence electrons. The van der Waals surface area contributed by atoms with E-state index in [4.69, 9.17) is 0 Å². The molecular weight excluding hydrogens is 114 g/mol. The summed E-state index contributed by atoms with van der Waals surface area (Å²) in [4.78, 5) is 0. The predicted molar refractivity (Wildman–Crippen MR) is 25.2 cm³/mol. The van der Waals surface area contributed by atoms with E-state index < -0.39 is 12.2 Å². The van der Waals surface area contributed by atoms with Crippen molar-refractivity contribution in [2.75, 3.05) is 6.67 Å². The molecule has 0 saturated heterocycles. The lowest BCUT2D eigenvalue weighted by molar-refractivity contribution is 0.295. The SMILES string of the molecule is FC1=CC(F)NCN1. The lowest BCUT2D eigenvalue weighted by Crippen LogP contribution is -2.37. The van der Waals surface area contributed by atoms with Crippen LogP contribution < -0.4 is 10.6 Å². The Morgan fingerprint density at radius 1 is 1.75 bits per heavy atom. The van der Waals surface area contributed by atoms with E-state index in [9.17, 15) is 8.78 Å². The van der Waals surface area contributed by atoms with Crippen molar-refractivity contribution < 1.29 is 8.78 Å². The molecular formula is C4H6F2N2. The highest BCUT2D eigenvalue weighted by atomic mass is 19.1. The molecule has 1 atom stereocenters. The fourth-order valence-corrected chi connectivity index (χ4v) is 0.479. The first-order valence-corrected chi connectivity index (χ1v) is 2.27. The van der Waals surface area contributed by atoms with Crippen LogP contribution in [0.4, 0.5) is 8.78 Å². The molecule has 0 fully saturated rings. The number of halogens is 2.